The SMILES string of the molecule is CN1CC[C@H](O)[C@@]2(CCCN(C(=O)c3ccccc3-c3nn[nH]n3)C2)C1. The Hall–Kier alpha value is -2.32. The number of H-pyrrole nitrogens is 1. The first-order chi connectivity index (χ1) is 12.6. The molecule has 8 nitrogen and oxygen atoms in total. The van der Waals surface area contributed by atoms with Crippen molar-refractivity contribution in [1.29, 1.82) is 0 Å². The second-order valence-electron chi connectivity index (χ2n) is 7.52. The highest BCUT2D eigenvalue weighted by Crippen LogP contribution is 2.39. The summed E-state index contributed by atoms with van der Waals surface area (Å²) in [5, 5.41) is 24.7. The summed E-state index contributed by atoms with van der Waals surface area (Å²) in [5.74, 6) is 0.378. The first-order valence-corrected chi connectivity index (χ1v) is 9.08. The third kappa shape index (κ3) is 2.99. The summed E-state index contributed by atoms with van der Waals surface area (Å²) in [6.07, 6.45) is 2.26. The van der Waals surface area contributed by atoms with Crippen molar-refractivity contribution in [1.82, 2.24) is 30.4 Å². The Balaban J connectivity index is 1.61. The predicted octanol–water partition coefficient (Wildman–Crippen LogP) is 0.785. The van der Waals surface area contributed by atoms with Crippen molar-refractivity contribution in [2.24, 2.45) is 5.41 Å². The molecular formula is C18H24N6O2. The number of likely N-dealkylation sites (tertiary alicyclic amines) is 2. The number of hydrogen-bond acceptors (Lipinski definition) is 6. The summed E-state index contributed by atoms with van der Waals surface area (Å²) in [6.45, 7) is 3.01. The summed E-state index contributed by atoms with van der Waals surface area (Å²) < 4.78 is 0. The second kappa shape index (κ2) is 6.77. The lowest BCUT2D eigenvalue weighted by molar-refractivity contribution is -0.0730. The second-order valence-corrected chi connectivity index (χ2v) is 7.52. The van der Waals surface area contributed by atoms with Crippen LogP contribution in [0.4, 0.5) is 0 Å². The number of piperidine rings is 2. The van der Waals surface area contributed by atoms with E-state index in [2.05, 4.69) is 32.6 Å². The van der Waals surface area contributed by atoms with Gasteiger partial charge in [-0.3, -0.25) is 4.79 Å². The largest absolute Gasteiger partial charge is 0.392 e. The van der Waals surface area contributed by atoms with E-state index in [1.165, 1.54) is 0 Å². The zero-order valence-corrected chi connectivity index (χ0v) is 14.9. The van der Waals surface area contributed by atoms with E-state index < -0.39 is 0 Å². The van der Waals surface area contributed by atoms with Gasteiger partial charge >= 0.3 is 0 Å². The van der Waals surface area contributed by atoms with E-state index in [0.29, 0.717) is 30.0 Å². The van der Waals surface area contributed by atoms with Crippen LogP contribution in [0.5, 0.6) is 0 Å². The van der Waals surface area contributed by atoms with E-state index in [4.69, 9.17) is 0 Å². The molecule has 0 radical (unpaired) electrons. The van der Waals surface area contributed by atoms with Crippen molar-refractivity contribution < 1.29 is 9.90 Å². The maximum absolute atomic E-state index is 13.3. The van der Waals surface area contributed by atoms with E-state index >= 15 is 0 Å². The van der Waals surface area contributed by atoms with Gasteiger partial charge in [-0.2, -0.15) is 5.21 Å². The number of nitrogens with one attached hydrogen (secondary N) is 1. The van der Waals surface area contributed by atoms with Crippen LogP contribution in [-0.4, -0.2) is 80.8 Å². The quantitative estimate of drug-likeness (QED) is 0.825. The molecule has 4 rings (SSSR count). The molecule has 2 aromatic rings. The van der Waals surface area contributed by atoms with E-state index in [9.17, 15) is 9.90 Å². The lowest BCUT2D eigenvalue weighted by atomic mass is 9.71. The Labute approximate surface area is 152 Å². The van der Waals surface area contributed by atoms with Gasteiger partial charge in [0.15, 0.2) is 0 Å². The highest BCUT2D eigenvalue weighted by molar-refractivity contribution is 6.00. The summed E-state index contributed by atoms with van der Waals surface area (Å²) in [4.78, 5) is 17.4. The number of aliphatic hydroxyl groups excluding tert-OH is 1. The third-order valence-corrected chi connectivity index (χ3v) is 5.72. The van der Waals surface area contributed by atoms with E-state index in [-0.39, 0.29) is 17.4 Å². The molecule has 1 aromatic heterocycles. The molecule has 0 saturated carbocycles. The van der Waals surface area contributed by atoms with Gasteiger partial charge in [0.25, 0.3) is 5.91 Å². The number of nitrogens with zero attached hydrogens (tertiary/aromatic N) is 5. The van der Waals surface area contributed by atoms with E-state index in [0.717, 1.165) is 32.4 Å². The fourth-order valence-corrected chi connectivity index (χ4v) is 4.42. The molecule has 2 aliphatic heterocycles. The molecule has 8 heteroatoms. The van der Waals surface area contributed by atoms with Crippen LogP contribution in [0.25, 0.3) is 11.4 Å². The van der Waals surface area contributed by atoms with Crippen molar-refractivity contribution >= 4 is 5.91 Å². The number of hydrogen-bond donors (Lipinski definition) is 2. The molecule has 3 heterocycles. The minimum Gasteiger partial charge on any atom is -0.392 e. The highest BCUT2D eigenvalue weighted by Gasteiger charge is 2.45. The Bertz CT molecular complexity index is 780. The van der Waals surface area contributed by atoms with Crippen molar-refractivity contribution in [3.8, 4) is 11.4 Å². The first kappa shape index (κ1) is 17.1. The maximum Gasteiger partial charge on any atom is 0.254 e. The smallest absolute Gasteiger partial charge is 0.254 e. The molecule has 2 N–H and O–H groups in total. The van der Waals surface area contributed by atoms with Gasteiger partial charge in [-0.05, 0) is 37.6 Å². The summed E-state index contributed by atoms with van der Waals surface area (Å²) >= 11 is 0. The number of amides is 1. The number of carbonyl (C=O) groups excluding carboxylic acids is 1. The molecule has 1 amide bonds. The lowest BCUT2D eigenvalue weighted by Crippen LogP contribution is -2.59. The summed E-state index contributed by atoms with van der Waals surface area (Å²) in [6, 6.07) is 7.35. The van der Waals surface area contributed by atoms with Gasteiger partial charge in [-0.1, -0.05) is 18.2 Å². The molecule has 2 saturated heterocycles. The maximum atomic E-state index is 13.3. The minimum atomic E-state index is -0.359. The van der Waals surface area contributed by atoms with Crippen LogP contribution in [0.15, 0.2) is 24.3 Å². The van der Waals surface area contributed by atoms with Crippen molar-refractivity contribution in [2.75, 3.05) is 33.2 Å². The molecule has 2 fully saturated rings. The molecule has 0 bridgehead atoms. The average molecular weight is 356 g/mol. The monoisotopic (exact) mass is 356 g/mol. The van der Waals surface area contributed by atoms with E-state index in [1.54, 1.807) is 6.07 Å². The molecule has 26 heavy (non-hydrogen) atoms. The van der Waals surface area contributed by atoms with Crippen LogP contribution in [0.2, 0.25) is 0 Å². The fourth-order valence-electron chi connectivity index (χ4n) is 4.42. The van der Waals surface area contributed by atoms with E-state index in [1.807, 2.05) is 23.1 Å². The van der Waals surface area contributed by atoms with Crippen LogP contribution in [0.1, 0.15) is 29.6 Å². The van der Waals surface area contributed by atoms with Gasteiger partial charge in [0, 0.05) is 37.2 Å². The van der Waals surface area contributed by atoms with Gasteiger partial charge < -0.3 is 14.9 Å². The standard InChI is InChI=1S/C18H24N6O2/c1-23-10-7-15(25)18(11-23)8-4-9-24(12-18)17(26)14-6-3-2-5-13(14)16-19-21-22-20-16/h2-3,5-6,15,25H,4,7-12H2,1H3,(H,19,20,21,22)/t15-,18-/m0/s1. The van der Waals surface area contributed by atoms with Gasteiger partial charge in [-0.25, -0.2) is 0 Å². The number of aromatic nitrogens is 4. The fraction of sp³-hybridized carbons (Fsp3) is 0.556. The Kier molecular flexibility index (Phi) is 4.46. The summed E-state index contributed by atoms with van der Waals surface area (Å²) in [7, 11) is 2.08. The number of aromatic amines is 1. The van der Waals surface area contributed by atoms with Crippen molar-refractivity contribution in [3.63, 3.8) is 0 Å². The lowest BCUT2D eigenvalue weighted by Gasteiger charge is -2.50. The minimum absolute atomic E-state index is 0.0371. The number of aliphatic hydroxyl groups is 1. The average Bonchev–Trinajstić information content (AvgIpc) is 3.19. The number of rotatable bonds is 2. The van der Waals surface area contributed by atoms with Crippen LogP contribution in [-0.2, 0) is 0 Å². The van der Waals surface area contributed by atoms with Crippen molar-refractivity contribution in [2.45, 2.75) is 25.4 Å². The number of tetrazole rings is 1. The molecule has 138 valence electrons. The molecule has 0 aliphatic carbocycles. The highest BCUT2D eigenvalue weighted by atomic mass is 16.3. The van der Waals surface area contributed by atoms with Crippen LogP contribution < -0.4 is 0 Å². The van der Waals surface area contributed by atoms with Gasteiger partial charge in [0.1, 0.15) is 0 Å². The molecular weight excluding hydrogens is 332 g/mol. The van der Waals surface area contributed by atoms with Crippen LogP contribution >= 0.6 is 0 Å². The summed E-state index contributed by atoms with van der Waals surface area (Å²) in [5.41, 5.74) is 1.01. The van der Waals surface area contributed by atoms with Gasteiger partial charge in [0.2, 0.25) is 5.82 Å². The molecule has 2 atom stereocenters. The Morgan fingerprint density at radius 1 is 1.31 bits per heavy atom. The first-order valence-electron chi connectivity index (χ1n) is 9.08. The zero-order chi connectivity index (χ0) is 18.1. The van der Waals surface area contributed by atoms with Crippen LogP contribution in [0, 0.1) is 5.41 Å². The molecule has 0 unspecified atom stereocenters. The van der Waals surface area contributed by atoms with Gasteiger partial charge in [0.05, 0.1) is 11.7 Å². The Morgan fingerprint density at radius 2 is 2.15 bits per heavy atom. The normalized spacial score (nSPS) is 27.0. The zero-order valence-electron chi connectivity index (χ0n) is 14.9. The number of benzene rings is 1. The third-order valence-electron chi connectivity index (χ3n) is 5.72. The Morgan fingerprint density at radius 3 is 2.96 bits per heavy atom. The molecule has 2 aliphatic rings. The van der Waals surface area contributed by atoms with Crippen LogP contribution in [0.3, 0.4) is 0 Å². The topological polar surface area (TPSA) is 98.2 Å². The number of carbonyl (C=O) groups is 1. The van der Waals surface area contributed by atoms with Gasteiger partial charge in [-0.15, -0.1) is 10.2 Å². The van der Waals surface area contributed by atoms with Crippen molar-refractivity contribution in [3.05, 3.63) is 29.8 Å². The predicted molar refractivity (Wildman–Crippen MR) is 95.3 cm³/mol. The molecule has 1 aromatic carbocycles. The molecule has 1 spiro atoms.